The summed E-state index contributed by atoms with van der Waals surface area (Å²) in [6.45, 7) is 10.0. The Morgan fingerprint density at radius 2 is 2.17 bits per heavy atom. The van der Waals surface area contributed by atoms with E-state index in [-0.39, 0.29) is 11.2 Å². The van der Waals surface area contributed by atoms with Crippen LogP contribution in [0.25, 0.3) is 0 Å². The lowest BCUT2D eigenvalue weighted by molar-refractivity contribution is -0.904. The van der Waals surface area contributed by atoms with Crippen molar-refractivity contribution in [2.24, 2.45) is 0 Å². The Morgan fingerprint density at radius 3 is 2.83 bits per heavy atom. The van der Waals surface area contributed by atoms with Gasteiger partial charge in [0, 0.05) is 13.6 Å². The van der Waals surface area contributed by atoms with Crippen LogP contribution in [0.3, 0.4) is 0 Å². The summed E-state index contributed by atoms with van der Waals surface area (Å²) in [5.74, 6) is 0.997. The van der Waals surface area contributed by atoms with Crippen LogP contribution in [-0.2, 0) is 17.8 Å². The molecule has 0 spiro atoms. The van der Waals surface area contributed by atoms with Gasteiger partial charge in [-0.05, 0) is 26.2 Å². The van der Waals surface area contributed by atoms with Gasteiger partial charge in [0.15, 0.2) is 5.16 Å². The molecule has 0 aromatic carbocycles. The van der Waals surface area contributed by atoms with Crippen LogP contribution >= 0.6 is 11.8 Å². The molecule has 2 rings (SSSR count). The van der Waals surface area contributed by atoms with Gasteiger partial charge in [-0.3, -0.25) is 4.79 Å². The van der Waals surface area contributed by atoms with E-state index in [9.17, 15) is 4.79 Å². The zero-order chi connectivity index (χ0) is 16.7. The quantitative estimate of drug-likeness (QED) is 0.529. The molecular weight excluding hydrogens is 310 g/mol. The van der Waals surface area contributed by atoms with Gasteiger partial charge in [-0.2, -0.15) is 0 Å². The first-order valence-electron chi connectivity index (χ1n) is 8.40. The van der Waals surface area contributed by atoms with Gasteiger partial charge >= 0.3 is 0 Å². The summed E-state index contributed by atoms with van der Waals surface area (Å²) in [6.07, 6.45) is 6.81. The Balaban J connectivity index is 2.01. The number of allylic oxidation sites excluding steroid dienone is 1. The smallest absolute Gasteiger partial charge is 0.233 e. The Hall–Kier alpha value is -1.34. The number of likely N-dealkylation sites (tertiary alicyclic amines) is 1. The lowest BCUT2D eigenvalue weighted by Crippen LogP contribution is -3.13. The predicted molar refractivity (Wildman–Crippen MR) is 92.7 cm³/mol. The Bertz CT molecular complexity index is 525. The third kappa shape index (κ3) is 5.07. The highest BCUT2D eigenvalue weighted by atomic mass is 32.2. The second kappa shape index (κ2) is 9.08. The van der Waals surface area contributed by atoms with E-state index < -0.39 is 0 Å². The van der Waals surface area contributed by atoms with Crippen molar-refractivity contribution in [1.29, 1.82) is 0 Å². The van der Waals surface area contributed by atoms with Crippen LogP contribution in [0.2, 0.25) is 0 Å². The number of rotatable bonds is 8. The van der Waals surface area contributed by atoms with E-state index in [0.29, 0.717) is 6.54 Å². The van der Waals surface area contributed by atoms with Crippen LogP contribution in [0.1, 0.15) is 32.0 Å². The molecule has 1 atom stereocenters. The summed E-state index contributed by atoms with van der Waals surface area (Å²) in [6, 6.07) is 0. The molecule has 0 radical (unpaired) electrons. The molecule has 1 aliphatic heterocycles. The molecule has 2 N–H and O–H groups in total. The summed E-state index contributed by atoms with van der Waals surface area (Å²) < 4.78 is 2.08. The average molecular weight is 339 g/mol. The van der Waals surface area contributed by atoms with Crippen molar-refractivity contribution in [3.8, 4) is 0 Å². The first kappa shape index (κ1) is 18.0. The Labute approximate surface area is 142 Å². The fourth-order valence-corrected chi connectivity index (χ4v) is 3.85. The largest absolute Gasteiger partial charge is 0.358 e. The number of hydrogen-bond donors (Lipinski definition) is 2. The first-order chi connectivity index (χ1) is 11.2. The van der Waals surface area contributed by atoms with Crippen molar-refractivity contribution in [2.75, 3.05) is 26.7 Å². The molecule has 1 amide bonds. The monoisotopic (exact) mass is 338 g/mol. The maximum absolute atomic E-state index is 11.7. The minimum Gasteiger partial charge on any atom is -0.358 e. The second-order valence-corrected chi connectivity index (χ2v) is 7.29. The van der Waals surface area contributed by atoms with Crippen LogP contribution < -0.4 is 10.2 Å². The number of thioether (sulfide) groups is 1. The van der Waals surface area contributed by atoms with Gasteiger partial charge in [0.1, 0.15) is 5.82 Å². The summed E-state index contributed by atoms with van der Waals surface area (Å²) in [4.78, 5) is 13.4. The van der Waals surface area contributed by atoms with Crippen molar-refractivity contribution in [1.82, 2.24) is 20.1 Å². The second-order valence-electron chi connectivity index (χ2n) is 5.98. The summed E-state index contributed by atoms with van der Waals surface area (Å²) >= 11 is 1.45. The number of piperidine rings is 1. The number of amides is 1. The number of nitrogens with one attached hydrogen (secondary N) is 2. The van der Waals surface area contributed by atoms with Gasteiger partial charge in [-0.1, -0.05) is 17.8 Å². The Morgan fingerprint density at radius 1 is 1.43 bits per heavy atom. The van der Waals surface area contributed by atoms with Gasteiger partial charge < -0.3 is 14.8 Å². The lowest BCUT2D eigenvalue weighted by Gasteiger charge is -2.23. The van der Waals surface area contributed by atoms with Gasteiger partial charge in [0.05, 0.1) is 31.3 Å². The zero-order valence-corrected chi connectivity index (χ0v) is 15.0. The van der Waals surface area contributed by atoms with Crippen LogP contribution in [0.4, 0.5) is 0 Å². The number of carbonyl (C=O) groups is 1. The fraction of sp³-hybridized carbons (Fsp3) is 0.688. The van der Waals surface area contributed by atoms with Crippen LogP contribution in [0.15, 0.2) is 17.8 Å². The highest BCUT2D eigenvalue weighted by Gasteiger charge is 2.20. The standard InChI is InChI=1S/C16H27N5OS/c1-4-9-21-14(8-12-20-10-6-5-7-11-20)18-19-16(21)23-13(2)15(22)17-3/h4,13H,1,5-12H2,2-3H3,(H,17,22)/p+1/t13-/m1/s1. The molecule has 1 aromatic heterocycles. The Kier molecular flexibility index (Phi) is 7.11. The number of nitrogens with zero attached hydrogens (tertiary/aromatic N) is 3. The highest BCUT2D eigenvalue weighted by molar-refractivity contribution is 8.00. The SMILES string of the molecule is C=CCn1c(CC[NH+]2CCCCC2)nnc1S[C@H](C)C(=O)NC. The van der Waals surface area contributed by atoms with Crippen molar-refractivity contribution in [2.45, 2.75) is 49.6 Å². The molecule has 7 heteroatoms. The predicted octanol–water partition coefficient (Wildman–Crippen LogP) is 0.302. The summed E-state index contributed by atoms with van der Waals surface area (Å²) in [7, 11) is 1.65. The molecule has 2 heterocycles. The number of quaternary nitrogens is 1. The zero-order valence-electron chi connectivity index (χ0n) is 14.2. The van der Waals surface area contributed by atoms with Crippen LogP contribution in [0.5, 0.6) is 0 Å². The summed E-state index contributed by atoms with van der Waals surface area (Å²) in [5.41, 5.74) is 0. The van der Waals surface area contributed by atoms with Gasteiger partial charge in [-0.25, -0.2) is 0 Å². The number of aromatic nitrogens is 3. The topological polar surface area (TPSA) is 64.2 Å². The molecule has 6 nitrogen and oxygen atoms in total. The van der Waals surface area contributed by atoms with Crippen LogP contribution in [0, 0.1) is 0 Å². The third-order valence-corrected chi connectivity index (χ3v) is 5.35. The summed E-state index contributed by atoms with van der Waals surface area (Å²) in [5, 5.41) is 11.9. The minimum atomic E-state index is -0.187. The molecule has 1 aromatic rings. The number of carbonyl (C=O) groups excluding carboxylic acids is 1. The molecule has 1 aliphatic rings. The third-order valence-electron chi connectivity index (χ3n) is 4.27. The molecule has 0 aliphatic carbocycles. The van der Waals surface area contributed by atoms with Crippen molar-refractivity contribution in [3.63, 3.8) is 0 Å². The van der Waals surface area contributed by atoms with E-state index in [1.807, 2.05) is 13.0 Å². The molecular formula is C16H28N5OS+. The van der Waals surface area contributed by atoms with Crippen molar-refractivity contribution in [3.05, 3.63) is 18.5 Å². The molecule has 0 unspecified atom stereocenters. The minimum absolute atomic E-state index is 0.00228. The first-order valence-corrected chi connectivity index (χ1v) is 9.28. The van der Waals surface area contributed by atoms with Gasteiger partial charge in [0.2, 0.25) is 5.91 Å². The highest BCUT2D eigenvalue weighted by Crippen LogP contribution is 2.22. The average Bonchev–Trinajstić information content (AvgIpc) is 2.95. The molecule has 0 saturated carbocycles. The van der Waals surface area contributed by atoms with Crippen molar-refractivity contribution >= 4 is 17.7 Å². The van der Waals surface area contributed by atoms with E-state index in [4.69, 9.17) is 0 Å². The molecule has 23 heavy (non-hydrogen) atoms. The van der Waals surface area contributed by atoms with Gasteiger partial charge in [-0.15, -0.1) is 16.8 Å². The van der Waals surface area contributed by atoms with E-state index in [1.165, 1.54) is 44.1 Å². The lowest BCUT2D eigenvalue weighted by atomic mass is 10.1. The molecule has 1 fully saturated rings. The van der Waals surface area contributed by atoms with E-state index in [2.05, 4.69) is 26.7 Å². The maximum atomic E-state index is 11.7. The van der Waals surface area contributed by atoms with E-state index in [1.54, 1.807) is 11.9 Å². The van der Waals surface area contributed by atoms with Crippen LogP contribution in [-0.4, -0.2) is 52.6 Å². The molecule has 128 valence electrons. The normalized spacial score (nSPS) is 17.0. The van der Waals surface area contributed by atoms with E-state index >= 15 is 0 Å². The fourth-order valence-electron chi connectivity index (χ4n) is 2.91. The maximum Gasteiger partial charge on any atom is 0.233 e. The molecule has 0 bridgehead atoms. The van der Waals surface area contributed by atoms with Gasteiger partial charge in [0.25, 0.3) is 0 Å². The number of hydrogen-bond acceptors (Lipinski definition) is 4. The van der Waals surface area contributed by atoms with Crippen molar-refractivity contribution < 1.29 is 9.69 Å². The van der Waals surface area contributed by atoms with E-state index in [0.717, 1.165) is 23.9 Å². The molecule has 1 saturated heterocycles.